The summed E-state index contributed by atoms with van der Waals surface area (Å²) in [6, 6.07) is 4.64. The van der Waals surface area contributed by atoms with Crippen molar-refractivity contribution in [3.05, 3.63) is 35.1 Å². The largest absolute Gasteiger partial charge is 0.392 e. The number of aliphatic imine (C=N–C) groups is 1. The first-order valence-corrected chi connectivity index (χ1v) is 7.37. The van der Waals surface area contributed by atoms with E-state index in [1.165, 1.54) is 6.07 Å². The number of aliphatic hydroxyl groups excluding tert-OH is 1. The number of hydrogen-bond acceptors (Lipinski definition) is 3. The van der Waals surface area contributed by atoms with Crippen LogP contribution in [0.15, 0.2) is 23.2 Å². The molecule has 3 N–H and O–H groups in total. The quantitative estimate of drug-likeness (QED) is 0.646. The summed E-state index contributed by atoms with van der Waals surface area (Å²) in [6.07, 6.45) is 0. The van der Waals surface area contributed by atoms with Crippen LogP contribution in [-0.4, -0.2) is 40.6 Å². The molecule has 0 aromatic heterocycles. The van der Waals surface area contributed by atoms with Crippen LogP contribution in [0.5, 0.6) is 0 Å². The van der Waals surface area contributed by atoms with Gasteiger partial charge in [0.2, 0.25) is 0 Å². The monoisotopic (exact) mass is 283 g/mol. The lowest BCUT2D eigenvalue weighted by molar-refractivity contribution is 0.275. The second kappa shape index (κ2) is 6.77. The zero-order valence-electron chi connectivity index (χ0n) is 10.7. The molecule has 0 unspecified atom stereocenters. The maximum atomic E-state index is 13.2. The van der Waals surface area contributed by atoms with Crippen molar-refractivity contribution in [1.29, 1.82) is 0 Å². The highest BCUT2D eigenvalue weighted by molar-refractivity contribution is 7.99. The molecular weight excluding hydrogens is 265 g/mol. The van der Waals surface area contributed by atoms with Gasteiger partial charge in [-0.25, -0.2) is 9.38 Å². The minimum Gasteiger partial charge on any atom is -0.392 e. The first-order valence-electron chi connectivity index (χ1n) is 6.21. The normalized spacial score (nSPS) is 16.7. The molecule has 104 valence electrons. The number of hydrogen-bond donors (Lipinski definition) is 2. The van der Waals surface area contributed by atoms with Crippen molar-refractivity contribution in [3.8, 4) is 0 Å². The molecule has 1 aliphatic heterocycles. The summed E-state index contributed by atoms with van der Waals surface area (Å²) in [6.45, 7) is 1.95. The van der Waals surface area contributed by atoms with Crippen LogP contribution in [0.3, 0.4) is 0 Å². The summed E-state index contributed by atoms with van der Waals surface area (Å²) in [4.78, 5) is 6.39. The Kier molecular flexibility index (Phi) is 5.04. The predicted molar refractivity (Wildman–Crippen MR) is 76.5 cm³/mol. The molecule has 0 radical (unpaired) electrons. The first kappa shape index (κ1) is 14.1. The smallest absolute Gasteiger partial charge is 0.191 e. The number of rotatable bonds is 3. The van der Waals surface area contributed by atoms with Gasteiger partial charge in [-0.1, -0.05) is 6.07 Å². The molecule has 0 amide bonds. The molecule has 0 atom stereocenters. The van der Waals surface area contributed by atoms with Crippen molar-refractivity contribution in [1.82, 2.24) is 4.90 Å². The molecule has 0 aliphatic carbocycles. The highest BCUT2D eigenvalue weighted by Gasteiger charge is 2.12. The van der Waals surface area contributed by atoms with Crippen LogP contribution >= 0.6 is 11.8 Å². The second-order valence-electron chi connectivity index (χ2n) is 4.36. The van der Waals surface area contributed by atoms with E-state index in [-0.39, 0.29) is 6.61 Å². The van der Waals surface area contributed by atoms with Crippen molar-refractivity contribution in [3.63, 3.8) is 0 Å². The summed E-state index contributed by atoms with van der Waals surface area (Å²) in [7, 11) is 0. The molecule has 1 aromatic carbocycles. The van der Waals surface area contributed by atoms with Gasteiger partial charge in [0.05, 0.1) is 13.2 Å². The SMILES string of the molecule is NC(=NCc1ccc(F)c(CO)c1)N1CCSCC1. The zero-order chi connectivity index (χ0) is 13.7. The van der Waals surface area contributed by atoms with Gasteiger partial charge in [0, 0.05) is 30.2 Å². The van der Waals surface area contributed by atoms with Crippen LogP contribution in [0.4, 0.5) is 4.39 Å². The van der Waals surface area contributed by atoms with E-state index in [0.717, 1.165) is 30.2 Å². The maximum Gasteiger partial charge on any atom is 0.191 e. The van der Waals surface area contributed by atoms with Crippen molar-refractivity contribution in [2.45, 2.75) is 13.2 Å². The average Bonchev–Trinajstić information content (AvgIpc) is 2.47. The summed E-state index contributed by atoms with van der Waals surface area (Å²) < 4.78 is 13.2. The Morgan fingerprint density at radius 3 is 2.84 bits per heavy atom. The Labute approximate surface area is 116 Å². The van der Waals surface area contributed by atoms with E-state index in [4.69, 9.17) is 10.8 Å². The molecule has 2 rings (SSSR count). The first-order chi connectivity index (χ1) is 9.20. The predicted octanol–water partition coefficient (Wildman–Crippen LogP) is 1.18. The van der Waals surface area contributed by atoms with E-state index in [1.807, 2.05) is 11.8 Å². The lowest BCUT2D eigenvalue weighted by atomic mass is 10.1. The van der Waals surface area contributed by atoms with Gasteiger partial charge in [0.25, 0.3) is 0 Å². The van der Waals surface area contributed by atoms with Gasteiger partial charge in [-0.2, -0.15) is 11.8 Å². The number of aliphatic hydroxyl groups is 1. The van der Waals surface area contributed by atoms with Crippen molar-refractivity contribution in [2.75, 3.05) is 24.6 Å². The zero-order valence-corrected chi connectivity index (χ0v) is 11.5. The number of thioether (sulfide) groups is 1. The third-order valence-corrected chi connectivity index (χ3v) is 3.98. The minimum absolute atomic E-state index is 0.292. The molecule has 1 aliphatic rings. The second-order valence-corrected chi connectivity index (χ2v) is 5.58. The van der Waals surface area contributed by atoms with E-state index in [1.54, 1.807) is 12.1 Å². The van der Waals surface area contributed by atoms with Crippen LogP contribution in [0.2, 0.25) is 0 Å². The Balaban J connectivity index is 2.00. The highest BCUT2D eigenvalue weighted by Crippen LogP contribution is 2.12. The summed E-state index contributed by atoms with van der Waals surface area (Å²) in [5.41, 5.74) is 7.08. The fourth-order valence-electron chi connectivity index (χ4n) is 1.91. The van der Waals surface area contributed by atoms with E-state index in [0.29, 0.717) is 18.1 Å². The molecule has 0 spiro atoms. The van der Waals surface area contributed by atoms with Gasteiger partial charge >= 0.3 is 0 Å². The molecule has 4 nitrogen and oxygen atoms in total. The summed E-state index contributed by atoms with van der Waals surface area (Å²) in [5.74, 6) is 2.29. The van der Waals surface area contributed by atoms with Gasteiger partial charge in [-0.3, -0.25) is 0 Å². The Hall–Kier alpha value is -1.27. The standard InChI is InChI=1S/C13H18FN3OS/c14-12-2-1-10(7-11(12)9-18)8-16-13(15)17-3-5-19-6-4-17/h1-2,7,18H,3-6,8-9H2,(H2,15,16). The average molecular weight is 283 g/mol. The van der Waals surface area contributed by atoms with Crippen LogP contribution in [0.1, 0.15) is 11.1 Å². The van der Waals surface area contributed by atoms with Crippen LogP contribution in [-0.2, 0) is 13.2 Å². The molecule has 0 saturated carbocycles. The molecule has 1 saturated heterocycles. The van der Waals surface area contributed by atoms with Crippen molar-refractivity contribution in [2.24, 2.45) is 10.7 Å². The fourth-order valence-corrected chi connectivity index (χ4v) is 2.82. The lowest BCUT2D eigenvalue weighted by Gasteiger charge is -2.27. The van der Waals surface area contributed by atoms with E-state index < -0.39 is 5.82 Å². The van der Waals surface area contributed by atoms with E-state index in [2.05, 4.69) is 9.89 Å². The minimum atomic E-state index is -0.392. The highest BCUT2D eigenvalue weighted by atomic mass is 32.2. The van der Waals surface area contributed by atoms with Gasteiger partial charge in [-0.15, -0.1) is 0 Å². The number of halogens is 1. The van der Waals surface area contributed by atoms with Crippen molar-refractivity contribution >= 4 is 17.7 Å². The number of benzene rings is 1. The fraction of sp³-hybridized carbons (Fsp3) is 0.462. The van der Waals surface area contributed by atoms with Crippen molar-refractivity contribution < 1.29 is 9.50 Å². The van der Waals surface area contributed by atoms with Gasteiger partial charge in [0.15, 0.2) is 5.96 Å². The molecule has 1 aromatic rings. The van der Waals surface area contributed by atoms with Crippen LogP contribution in [0.25, 0.3) is 0 Å². The Morgan fingerprint density at radius 1 is 1.42 bits per heavy atom. The third kappa shape index (κ3) is 3.84. The number of nitrogens with two attached hydrogens (primary N) is 1. The maximum absolute atomic E-state index is 13.2. The lowest BCUT2D eigenvalue weighted by Crippen LogP contribution is -2.42. The molecule has 1 heterocycles. The third-order valence-electron chi connectivity index (χ3n) is 3.04. The molecular formula is C13H18FN3OS. The van der Waals surface area contributed by atoms with Gasteiger partial charge < -0.3 is 15.7 Å². The number of guanidine groups is 1. The summed E-state index contributed by atoms with van der Waals surface area (Å²) >= 11 is 1.92. The summed E-state index contributed by atoms with van der Waals surface area (Å²) in [5, 5.41) is 9.01. The molecule has 0 bridgehead atoms. The molecule has 19 heavy (non-hydrogen) atoms. The van der Waals surface area contributed by atoms with E-state index >= 15 is 0 Å². The van der Waals surface area contributed by atoms with Gasteiger partial charge in [0.1, 0.15) is 5.82 Å². The Bertz CT molecular complexity index is 461. The van der Waals surface area contributed by atoms with E-state index in [9.17, 15) is 4.39 Å². The number of nitrogens with zero attached hydrogens (tertiary/aromatic N) is 2. The van der Waals surface area contributed by atoms with Gasteiger partial charge in [-0.05, 0) is 17.7 Å². The van der Waals surface area contributed by atoms with Crippen LogP contribution < -0.4 is 5.73 Å². The molecule has 6 heteroatoms. The topological polar surface area (TPSA) is 61.9 Å². The Morgan fingerprint density at radius 2 is 2.16 bits per heavy atom. The van der Waals surface area contributed by atoms with Crippen LogP contribution in [0, 0.1) is 5.82 Å². The molecule has 1 fully saturated rings.